The van der Waals surface area contributed by atoms with Crippen molar-refractivity contribution in [1.82, 2.24) is 4.90 Å². The molecule has 0 saturated carbocycles. The Morgan fingerprint density at radius 1 is 1.71 bits per heavy atom. The molecule has 0 radical (unpaired) electrons. The van der Waals surface area contributed by atoms with Gasteiger partial charge in [-0.2, -0.15) is 11.8 Å². The van der Waals surface area contributed by atoms with Gasteiger partial charge in [0.05, 0.1) is 5.92 Å². The van der Waals surface area contributed by atoms with Gasteiger partial charge >= 0.3 is 5.97 Å². The fourth-order valence-electron chi connectivity index (χ4n) is 1.53. The Morgan fingerprint density at radius 3 is 3.00 bits per heavy atom. The van der Waals surface area contributed by atoms with E-state index in [-0.39, 0.29) is 11.8 Å². The third-order valence-electron chi connectivity index (χ3n) is 2.41. The lowest BCUT2D eigenvalue weighted by atomic mass is 9.98. The highest BCUT2D eigenvalue weighted by molar-refractivity contribution is 7.98. The predicted molar refractivity (Wildman–Crippen MR) is 55.3 cm³/mol. The van der Waals surface area contributed by atoms with Crippen molar-refractivity contribution in [2.45, 2.75) is 12.8 Å². The molecule has 0 spiro atoms. The summed E-state index contributed by atoms with van der Waals surface area (Å²) >= 11 is 1.67. The summed E-state index contributed by atoms with van der Waals surface area (Å²) in [5, 5.41) is 8.82. The van der Waals surface area contributed by atoms with Crippen molar-refractivity contribution in [2.75, 3.05) is 25.1 Å². The van der Waals surface area contributed by atoms with Crippen molar-refractivity contribution in [1.29, 1.82) is 0 Å². The van der Waals surface area contributed by atoms with Gasteiger partial charge in [0, 0.05) is 25.3 Å². The molecule has 1 aliphatic heterocycles. The summed E-state index contributed by atoms with van der Waals surface area (Å²) in [7, 11) is 0. The van der Waals surface area contributed by atoms with Gasteiger partial charge in [0.25, 0.3) is 0 Å². The lowest BCUT2D eigenvalue weighted by Crippen LogP contribution is -2.43. The van der Waals surface area contributed by atoms with E-state index in [2.05, 4.69) is 0 Å². The standard InChI is InChI=1S/C9H15NO3S/c1-14-5-4-10-6-7(9(12)13)2-3-8(10)11/h7H,2-6H2,1H3,(H,12,13). The van der Waals surface area contributed by atoms with E-state index in [0.717, 1.165) is 5.75 Å². The molecule has 0 aromatic carbocycles. The minimum atomic E-state index is -0.786. The quantitative estimate of drug-likeness (QED) is 0.752. The Morgan fingerprint density at radius 2 is 2.43 bits per heavy atom. The van der Waals surface area contributed by atoms with Crippen molar-refractivity contribution in [3.63, 3.8) is 0 Å². The first kappa shape index (κ1) is 11.4. The number of rotatable bonds is 4. The Kier molecular flexibility index (Phi) is 4.25. The SMILES string of the molecule is CSCCN1CC(C(=O)O)CCC1=O. The van der Waals surface area contributed by atoms with Crippen molar-refractivity contribution in [2.24, 2.45) is 5.92 Å². The summed E-state index contributed by atoms with van der Waals surface area (Å²) in [5.41, 5.74) is 0. The molecule has 0 aromatic heterocycles. The number of thioether (sulfide) groups is 1. The molecule has 1 aliphatic rings. The average Bonchev–Trinajstić information content (AvgIpc) is 2.16. The van der Waals surface area contributed by atoms with Crippen molar-refractivity contribution < 1.29 is 14.7 Å². The Hall–Kier alpha value is -0.710. The van der Waals surface area contributed by atoms with Crippen LogP contribution in [0.2, 0.25) is 0 Å². The van der Waals surface area contributed by atoms with Crippen LogP contribution < -0.4 is 0 Å². The molecule has 1 fully saturated rings. The van der Waals surface area contributed by atoms with Gasteiger partial charge in [-0.15, -0.1) is 0 Å². The maximum Gasteiger partial charge on any atom is 0.308 e. The number of hydrogen-bond acceptors (Lipinski definition) is 3. The summed E-state index contributed by atoms with van der Waals surface area (Å²) in [4.78, 5) is 23.8. The first-order chi connectivity index (χ1) is 6.65. The minimum absolute atomic E-state index is 0.0940. The zero-order chi connectivity index (χ0) is 10.6. The number of carbonyl (C=O) groups is 2. The zero-order valence-corrected chi connectivity index (χ0v) is 9.05. The van der Waals surface area contributed by atoms with Crippen LogP contribution in [0, 0.1) is 5.92 Å². The van der Waals surface area contributed by atoms with Crippen LogP contribution in [0.3, 0.4) is 0 Å². The van der Waals surface area contributed by atoms with E-state index in [1.165, 1.54) is 0 Å². The summed E-state index contributed by atoms with van der Waals surface area (Å²) in [6.45, 7) is 1.05. The second-order valence-corrected chi connectivity index (χ2v) is 4.39. The summed E-state index contributed by atoms with van der Waals surface area (Å²) < 4.78 is 0. The average molecular weight is 217 g/mol. The molecule has 0 aliphatic carbocycles. The molecule has 1 amide bonds. The van der Waals surface area contributed by atoms with E-state index in [9.17, 15) is 9.59 Å². The van der Waals surface area contributed by atoms with Crippen LogP contribution in [-0.4, -0.2) is 47.0 Å². The number of aliphatic carboxylic acids is 1. The molecule has 1 saturated heterocycles. The number of amides is 1. The fourth-order valence-corrected chi connectivity index (χ4v) is 1.94. The van der Waals surface area contributed by atoms with E-state index < -0.39 is 5.97 Å². The number of carbonyl (C=O) groups excluding carboxylic acids is 1. The molecule has 1 atom stereocenters. The number of carboxylic acid groups (broad SMARTS) is 1. The number of hydrogen-bond donors (Lipinski definition) is 1. The van der Waals surface area contributed by atoms with Crippen LogP contribution in [0.25, 0.3) is 0 Å². The van der Waals surface area contributed by atoms with Gasteiger partial charge in [-0.25, -0.2) is 0 Å². The maximum absolute atomic E-state index is 11.4. The first-order valence-electron chi connectivity index (χ1n) is 4.64. The number of piperidine rings is 1. The summed E-state index contributed by atoms with van der Waals surface area (Å²) in [6, 6.07) is 0. The van der Waals surface area contributed by atoms with E-state index in [1.54, 1.807) is 16.7 Å². The highest BCUT2D eigenvalue weighted by Crippen LogP contribution is 2.17. The summed E-state index contributed by atoms with van der Waals surface area (Å²) in [6.07, 6.45) is 2.85. The van der Waals surface area contributed by atoms with Crippen LogP contribution in [0.4, 0.5) is 0 Å². The second kappa shape index (κ2) is 5.24. The van der Waals surface area contributed by atoms with Crippen LogP contribution in [0.5, 0.6) is 0 Å². The van der Waals surface area contributed by atoms with Crippen molar-refractivity contribution in [3.05, 3.63) is 0 Å². The fraction of sp³-hybridized carbons (Fsp3) is 0.778. The predicted octanol–water partition coefficient (Wildman–Crippen LogP) is 0.673. The van der Waals surface area contributed by atoms with Crippen LogP contribution in [0.1, 0.15) is 12.8 Å². The largest absolute Gasteiger partial charge is 0.481 e. The lowest BCUT2D eigenvalue weighted by molar-refractivity contribution is -0.147. The van der Waals surface area contributed by atoms with E-state index in [4.69, 9.17) is 5.11 Å². The van der Waals surface area contributed by atoms with Crippen molar-refractivity contribution >= 4 is 23.6 Å². The molecule has 1 rings (SSSR count). The number of likely N-dealkylation sites (tertiary alicyclic amines) is 1. The van der Waals surface area contributed by atoms with Crippen LogP contribution >= 0.6 is 11.8 Å². The second-order valence-electron chi connectivity index (χ2n) is 3.41. The third kappa shape index (κ3) is 2.90. The highest BCUT2D eigenvalue weighted by atomic mass is 32.2. The van der Waals surface area contributed by atoms with Crippen molar-refractivity contribution in [3.8, 4) is 0 Å². The lowest BCUT2D eigenvalue weighted by Gasteiger charge is -2.30. The van der Waals surface area contributed by atoms with Gasteiger partial charge in [0.1, 0.15) is 0 Å². The minimum Gasteiger partial charge on any atom is -0.481 e. The highest BCUT2D eigenvalue weighted by Gasteiger charge is 2.29. The molecular weight excluding hydrogens is 202 g/mol. The van der Waals surface area contributed by atoms with Crippen LogP contribution in [0.15, 0.2) is 0 Å². The number of carboxylic acids is 1. The molecule has 80 valence electrons. The number of nitrogens with zero attached hydrogens (tertiary/aromatic N) is 1. The normalized spacial score (nSPS) is 22.5. The molecule has 1 N–H and O–H groups in total. The van der Waals surface area contributed by atoms with E-state index >= 15 is 0 Å². The van der Waals surface area contributed by atoms with E-state index in [0.29, 0.717) is 25.9 Å². The van der Waals surface area contributed by atoms with Gasteiger partial charge in [-0.1, -0.05) is 0 Å². The molecule has 5 heteroatoms. The molecular formula is C9H15NO3S. The van der Waals surface area contributed by atoms with E-state index in [1.807, 2.05) is 6.26 Å². The van der Waals surface area contributed by atoms with Crippen LogP contribution in [-0.2, 0) is 9.59 Å². The topological polar surface area (TPSA) is 57.6 Å². The molecule has 14 heavy (non-hydrogen) atoms. The first-order valence-corrected chi connectivity index (χ1v) is 6.04. The van der Waals surface area contributed by atoms with Gasteiger partial charge in [-0.05, 0) is 12.7 Å². The van der Waals surface area contributed by atoms with Gasteiger partial charge in [-0.3, -0.25) is 9.59 Å². The molecule has 1 heterocycles. The Bertz CT molecular complexity index is 232. The Labute approximate surface area is 87.7 Å². The smallest absolute Gasteiger partial charge is 0.308 e. The van der Waals surface area contributed by atoms with Gasteiger partial charge < -0.3 is 10.0 Å². The van der Waals surface area contributed by atoms with Gasteiger partial charge in [0.15, 0.2) is 0 Å². The monoisotopic (exact) mass is 217 g/mol. The third-order valence-corrected chi connectivity index (χ3v) is 3.01. The van der Waals surface area contributed by atoms with Gasteiger partial charge in [0.2, 0.25) is 5.91 Å². The molecule has 4 nitrogen and oxygen atoms in total. The Balaban J connectivity index is 2.46. The maximum atomic E-state index is 11.4. The zero-order valence-electron chi connectivity index (χ0n) is 8.23. The summed E-state index contributed by atoms with van der Waals surface area (Å²) in [5.74, 6) is -0.185. The molecule has 1 unspecified atom stereocenters. The molecule has 0 bridgehead atoms. The molecule has 0 aromatic rings.